The number of halogens is 5. The van der Waals surface area contributed by atoms with Gasteiger partial charge in [-0.2, -0.15) is 17.6 Å². The Morgan fingerprint density at radius 3 is 2.35 bits per heavy atom. The van der Waals surface area contributed by atoms with E-state index in [1.165, 1.54) is 15.9 Å². The van der Waals surface area contributed by atoms with Gasteiger partial charge in [0.25, 0.3) is 0 Å². The highest BCUT2D eigenvalue weighted by molar-refractivity contribution is 8.16. The summed E-state index contributed by atoms with van der Waals surface area (Å²) in [6.45, 7) is 11.9. The number of nitrogens with zero attached hydrogens (tertiary/aromatic N) is 6. The lowest BCUT2D eigenvalue weighted by atomic mass is 9.86. The Balaban J connectivity index is 1.74. The fourth-order valence-corrected chi connectivity index (χ4v) is 7.77. The predicted molar refractivity (Wildman–Crippen MR) is 186 cm³/mol. The number of aromatic nitrogens is 3. The van der Waals surface area contributed by atoms with E-state index in [-0.39, 0.29) is 34.6 Å². The number of carbonyl (C=O) groups excluding carboxylic acids is 2. The molecule has 11 nitrogen and oxygen atoms in total. The molecule has 2 aromatic heterocycles. The highest BCUT2D eigenvalue weighted by atomic mass is 32.2. The molecular weight excluding hydrogens is 716 g/mol. The van der Waals surface area contributed by atoms with E-state index >= 15 is 8.78 Å². The standard InChI is InChI=1S/C33H43F5N6O5SSi/c1-30(2,3)49-29(46)44(19-47-10-11-51(7,8)9)28-42-31(4,24-14-32(24,50-28)27(45)43(5)6)21-12-20(15-41-26(21)35)13-22(34)23-16-40-25(17-39-23)48-18-33(36,37)38/h12-13,15-17,24H,10-11,14,18-19H2,1-9H3/b22-13-/t24-,31+,32-/m0/s1. The van der Waals surface area contributed by atoms with E-state index in [0.717, 1.165) is 42.5 Å². The number of ether oxygens (including phenoxy) is 3. The zero-order valence-corrected chi connectivity index (χ0v) is 31.8. The Labute approximate surface area is 299 Å². The molecule has 2 aromatic rings. The number of thioether (sulfide) groups is 1. The number of fused-ring (bicyclic) bond motifs is 1. The molecule has 18 heteroatoms. The number of pyridine rings is 1. The SMILES string of the molecule is CN(C)C(=O)[C@]12C[C@H]1[C@@](C)(c1cc(/C=C(\F)c3cnc(OCC(F)(F)F)cn3)cnc1F)N=C(N(COCC[Si](C)(C)C)C(=O)OC(C)(C)C)S2. The number of alkyl halides is 3. The van der Waals surface area contributed by atoms with Crippen LogP contribution in [-0.4, -0.2) is 101 Å². The third-order valence-electron chi connectivity index (χ3n) is 7.98. The Kier molecular flexibility index (Phi) is 11.6. The minimum atomic E-state index is -4.59. The summed E-state index contributed by atoms with van der Waals surface area (Å²) in [6.07, 6.45) is -1.22. The average molecular weight is 759 g/mol. The number of hydrogen-bond donors (Lipinski definition) is 0. The molecule has 0 unspecified atom stereocenters. The van der Waals surface area contributed by atoms with Crippen molar-refractivity contribution in [3.05, 3.63) is 47.4 Å². The number of aliphatic imine (C=N–C) groups is 1. The first-order valence-electron chi connectivity index (χ1n) is 16.1. The van der Waals surface area contributed by atoms with Crippen LogP contribution in [0.2, 0.25) is 25.7 Å². The largest absolute Gasteiger partial charge is 0.467 e. The van der Waals surface area contributed by atoms with Crippen LogP contribution in [-0.2, 0) is 19.8 Å². The number of amides is 2. The topological polar surface area (TPSA) is 119 Å². The third kappa shape index (κ3) is 10.0. The van der Waals surface area contributed by atoms with Crippen molar-refractivity contribution in [2.75, 3.05) is 34.0 Å². The van der Waals surface area contributed by atoms with E-state index in [9.17, 15) is 22.8 Å². The van der Waals surface area contributed by atoms with Gasteiger partial charge in [-0.15, -0.1) is 0 Å². The average Bonchev–Trinajstić information content (AvgIpc) is 3.76. The van der Waals surface area contributed by atoms with Crippen LogP contribution in [0, 0.1) is 11.9 Å². The lowest BCUT2D eigenvalue weighted by Gasteiger charge is -2.38. The Morgan fingerprint density at radius 2 is 1.78 bits per heavy atom. The van der Waals surface area contributed by atoms with E-state index in [2.05, 4.69) is 39.3 Å². The van der Waals surface area contributed by atoms with Gasteiger partial charge in [-0.25, -0.2) is 29.0 Å². The van der Waals surface area contributed by atoms with E-state index in [4.69, 9.17) is 14.5 Å². The van der Waals surface area contributed by atoms with Gasteiger partial charge in [0, 0.05) is 46.5 Å². The first-order valence-corrected chi connectivity index (χ1v) is 20.6. The van der Waals surface area contributed by atoms with Crippen molar-refractivity contribution in [1.29, 1.82) is 0 Å². The van der Waals surface area contributed by atoms with Crippen molar-refractivity contribution < 1.29 is 45.8 Å². The van der Waals surface area contributed by atoms with Crippen molar-refractivity contribution in [3.63, 3.8) is 0 Å². The molecular formula is C33H43F5N6O5SSi. The van der Waals surface area contributed by atoms with Crippen molar-refractivity contribution in [3.8, 4) is 5.88 Å². The quantitative estimate of drug-likeness (QED) is 0.0775. The first-order chi connectivity index (χ1) is 23.4. The molecule has 1 saturated carbocycles. The summed E-state index contributed by atoms with van der Waals surface area (Å²) in [5.41, 5.74) is -2.60. The molecule has 2 amide bonds. The second-order valence-corrected chi connectivity index (χ2v) is 21.9. The van der Waals surface area contributed by atoms with Crippen LogP contribution in [0.1, 0.15) is 50.9 Å². The molecule has 0 bridgehead atoms. The molecule has 1 aliphatic carbocycles. The van der Waals surface area contributed by atoms with Crippen molar-refractivity contribution in [2.45, 2.75) is 81.9 Å². The summed E-state index contributed by atoms with van der Waals surface area (Å²) in [7, 11) is 1.73. The Morgan fingerprint density at radius 1 is 1.10 bits per heavy atom. The van der Waals surface area contributed by atoms with Crippen LogP contribution in [0.4, 0.5) is 26.7 Å². The normalized spacial score (nSPS) is 22.1. The van der Waals surface area contributed by atoms with Gasteiger partial charge in [0.1, 0.15) is 22.8 Å². The summed E-state index contributed by atoms with van der Waals surface area (Å²) >= 11 is 1.10. The molecule has 0 aromatic carbocycles. The van der Waals surface area contributed by atoms with Gasteiger partial charge in [-0.05, 0) is 57.9 Å². The number of hydrogen-bond acceptors (Lipinski definition) is 10. The minimum absolute atomic E-state index is 0.0500. The zero-order chi connectivity index (χ0) is 38.2. The van der Waals surface area contributed by atoms with E-state index in [0.29, 0.717) is 13.0 Å². The van der Waals surface area contributed by atoms with Gasteiger partial charge < -0.3 is 19.1 Å². The summed E-state index contributed by atoms with van der Waals surface area (Å²) in [4.78, 5) is 46.2. The molecule has 4 rings (SSSR count). The van der Waals surface area contributed by atoms with Gasteiger partial charge >= 0.3 is 12.3 Å². The molecule has 3 heterocycles. The molecule has 0 saturated heterocycles. The summed E-state index contributed by atoms with van der Waals surface area (Å²) in [6, 6.07) is 2.17. The Bertz CT molecular complexity index is 1680. The molecule has 1 aliphatic heterocycles. The minimum Gasteiger partial charge on any atom is -0.467 e. The fraction of sp³-hybridized carbons (Fsp3) is 0.576. The smallest absolute Gasteiger partial charge is 0.422 e. The van der Waals surface area contributed by atoms with Crippen molar-refractivity contribution >= 4 is 48.9 Å². The van der Waals surface area contributed by atoms with Crippen LogP contribution >= 0.6 is 11.8 Å². The molecule has 51 heavy (non-hydrogen) atoms. The van der Waals surface area contributed by atoms with E-state index in [1.807, 2.05) is 0 Å². The molecule has 0 N–H and O–H groups in total. The van der Waals surface area contributed by atoms with Crippen LogP contribution in [0.5, 0.6) is 5.88 Å². The second kappa shape index (κ2) is 14.8. The molecule has 3 atom stereocenters. The van der Waals surface area contributed by atoms with Crippen molar-refractivity contribution in [1.82, 2.24) is 24.8 Å². The maximum absolute atomic E-state index is 15.8. The lowest BCUT2D eigenvalue weighted by molar-refractivity contribution is -0.154. The highest BCUT2D eigenvalue weighted by Gasteiger charge is 2.72. The lowest BCUT2D eigenvalue weighted by Crippen LogP contribution is -2.48. The summed E-state index contributed by atoms with van der Waals surface area (Å²) in [5.74, 6) is -3.08. The molecule has 0 radical (unpaired) electrons. The summed E-state index contributed by atoms with van der Waals surface area (Å²) in [5, 5.41) is 0.0957. The highest BCUT2D eigenvalue weighted by Crippen LogP contribution is 2.67. The van der Waals surface area contributed by atoms with Gasteiger partial charge in [-0.1, -0.05) is 31.4 Å². The number of amidine groups is 1. The van der Waals surface area contributed by atoms with Gasteiger partial charge in [0.05, 0.1) is 17.9 Å². The fourth-order valence-electron chi connectivity index (χ4n) is 5.32. The molecule has 1 fully saturated rings. The summed E-state index contributed by atoms with van der Waals surface area (Å²) < 4.78 is 83.5. The zero-order valence-electron chi connectivity index (χ0n) is 30.0. The maximum Gasteiger partial charge on any atom is 0.422 e. The predicted octanol–water partition coefficient (Wildman–Crippen LogP) is 7.13. The van der Waals surface area contributed by atoms with Gasteiger partial charge in [0.15, 0.2) is 17.6 Å². The van der Waals surface area contributed by atoms with Crippen LogP contribution in [0.25, 0.3) is 11.9 Å². The van der Waals surface area contributed by atoms with Gasteiger partial charge in [-0.3, -0.25) is 9.79 Å². The number of carbonyl (C=O) groups is 2. The Hall–Kier alpha value is -3.64. The second-order valence-electron chi connectivity index (χ2n) is 15.0. The first kappa shape index (κ1) is 40.1. The van der Waals surface area contributed by atoms with Gasteiger partial charge in [0.2, 0.25) is 17.7 Å². The van der Waals surface area contributed by atoms with Crippen LogP contribution < -0.4 is 4.74 Å². The third-order valence-corrected chi connectivity index (χ3v) is 11.2. The molecule has 280 valence electrons. The number of rotatable bonds is 11. The molecule has 0 spiro atoms. The van der Waals surface area contributed by atoms with E-state index in [1.54, 1.807) is 41.8 Å². The van der Waals surface area contributed by atoms with Crippen LogP contribution in [0.15, 0.2) is 29.6 Å². The van der Waals surface area contributed by atoms with E-state index < -0.39 is 66.4 Å². The molecule has 2 aliphatic rings. The van der Waals surface area contributed by atoms with Crippen LogP contribution in [0.3, 0.4) is 0 Å². The maximum atomic E-state index is 15.8. The van der Waals surface area contributed by atoms with Crippen molar-refractivity contribution in [2.24, 2.45) is 10.9 Å². The monoisotopic (exact) mass is 758 g/mol.